The second-order valence-electron chi connectivity index (χ2n) is 3.70. The lowest BCUT2D eigenvalue weighted by Crippen LogP contribution is -1.96. The van der Waals surface area contributed by atoms with Crippen LogP contribution in [0.2, 0.25) is 4.34 Å². The summed E-state index contributed by atoms with van der Waals surface area (Å²) in [5.74, 6) is -0.349. The summed E-state index contributed by atoms with van der Waals surface area (Å²) >= 11 is 7.27. The molecule has 0 atom stereocenters. The van der Waals surface area contributed by atoms with Crippen molar-refractivity contribution in [1.29, 1.82) is 0 Å². The van der Waals surface area contributed by atoms with Crippen LogP contribution >= 0.6 is 22.9 Å². The van der Waals surface area contributed by atoms with E-state index in [1.165, 1.54) is 17.4 Å². The SMILES string of the molecule is O=C(O)c1cccc2[nH]c(-c3ccc(Cl)s3)nc12. The van der Waals surface area contributed by atoms with Crippen LogP contribution in [0.1, 0.15) is 10.4 Å². The smallest absolute Gasteiger partial charge is 0.337 e. The summed E-state index contributed by atoms with van der Waals surface area (Å²) in [6.07, 6.45) is 0. The Morgan fingerprint density at radius 1 is 1.33 bits per heavy atom. The summed E-state index contributed by atoms with van der Waals surface area (Å²) in [4.78, 5) is 19.4. The van der Waals surface area contributed by atoms with Gasteiger partial charge in [-0.3, -0.25) is 0 Å². The third-order valence-electron chi connectivity index (χ3n) is 2.55. The van der Waals surface area contributed by atoms with E-state index in [4.69, 9.17) is 16.7 Å². The van der Waals surface area contributed by atoms with E-state index < -0.39 is 5.97 Å². The third kappa shape index (κ3) is 1.77. The first-order valence-electron chi connectivity index (χ1n) is 5.13. The number of para-hydroxylation sites is 1. The number of carboxylic acids is 1. The Labute approximate surface area is 111 Å². The average Bonchev–Trinajstić information content (AvgIpc) is 2.93. The van der Waals surface area contributed by atoms with Gasteiger partial charge in [-0.25, -0.2) is 9.78 Å². The first kappa shape index (κ1) is 11.3. The van der Waals surface area contributed by atoms with E-state index in [9.17, 15) is 4.79 Å². The van der Waals surface area contributed by atoms with E-state index in [0.717, 1.165) is 4.88 Å². The van der Waals surface area contributed by atoms with Gasteiger partial charge in [0.05, 0.1) is 20.3 Å². The summed E-state index contributed by atoms with van der Waals surface area (Å²) in [5.41, 5.74) is 1.36. The number of hydrogen-bond acceptors (Lipinski definition) is 3. The number of thiophene rings is 1. The summed E-state index contributed by atoms with van der Waals surface area (Å²) in [6, 6.07) is 8.66. The molecule has 0 bridgehead atoms. The molecule has 0 spiro atoms. The number of nitrogens with zero attached hydrogens (tertiary/aromatic N) is 1. The number of halogens is 1. The van der Waals surface area contributed by atoms with Crippen molar-refractivity contribution in [1.82, 2.24) is 9.97 Å². The molecule has 1 aromatic carbocycles. The maximum Gasteiger partial charge on any atom is 0.337 e. The van der Waals surface area contributed by atoms with Crippen LogP contribution in [0.5, 0.6) is 0 Å². The van der Waals surface area contributed by atoms with Gasteiger partial charge >= 0.3 is 5.97 Å². The van der Waals surface area contributed by atoms with Crippen molar-refractivity contribution in [3.63, 3.8) is 0 Å². The minimum atomic E-state index is -0.983. The Bertz CT molecular complexity index is 747. The fourth-order valence-corrected chi connectivity index (χ4v) is 2.75. The topological polar surface area (TPSA) is 66.0 Å². The number of H-pyrrole nitrogens is 1. The van der Waals surface area contributed by atoms with E-state index >= 15 is 0 Å². The van der Waals surface area contributed by atoms with Crippen molar-refractivity contribution in [2.24, 2.45) is 0 Å². The lowest BCUT2D eigenvalue weighted by atomic mass is 10.2. The molecule has 2 heterocycles. The van der Waals surface area contributed by atoms with Gasteiger partial charge < -0.3 is 10.1 Å². The van der Waals surface area contributed by atoms with Crippen LogP contribution in [-0.2, 0) is 0 Å². The zero-order chi connectivity index (χ0) is 12.7. The number of aromatic nitrogens is 2. The Balaban J connectivity index is 2.22. The van der Waals surface area contributed by atoms with E-state index in [2.05, 4.69) is 9.97 Å². The van der Waals surface area contributed by atoms with Crippen LogP contribution in [0.3, 0.4) is 0 Å². The van der Waals surface area contributed by atoms with Crippen molar-refractivity contribution in [2.75, 3.05) is 0 Å². The number of carboxylic acid groups (broad SMARTS) is 1. The molecule has 0 saturated heterocycles. The van der Waals surface area contributed by atoms with Gasteiger partial charge in [-0.05, 0) is 24.3 Å². The Hall–Kier alpha value is -1.85. The minimum absolute atomic E-state index is 0.192. The molecule has 4 nitrogen and oxygen atoms in total. The largest absolute Gasteiger partial charge is 0.478 e. The average molecular weight is 279 g/mol. The molecule has 0 unspecified atom stereocenters. The highest BCUT2D eigenvalue weighted by Crippen LogP contribution is 2.31. The van der Waals surface area contributed by atoms with Gasteiger partial charge in [0.25, 0.3) is 0 Å². The fourth-order valence-electron chi connectivity index (χ4n) is 1.76. The monoisotopic (exact) mass is 278 g/mol. The van der Waals surface area contributed by atoms with Crippen LogP contribution < -0.4 is 0 Å². The highest BCUT2D eigenvalue weighted by molar-refractivity contribution is 7.19. The molecule has 0 amide bonds. The Morgan fingerprint density at radius 2 is 2.17 bits per heavy atom. The molecule has 6 heteroatoms. The molecule has 18 heavy (non-hydrogen) atoms. The molecule has 0 aliphatic rings. The zero-order valence-electron chi connectivity index (χ0n) is 8.98. The number of fused-ring (bicyclic) bond motifs is 1. The lowest BCUT2D eigenvalue weighted by molar-refractivity contribution is 0.0699. The quantitative estimate of drug-likeness (QED) is 0.752. The molecule has 2 N–H and O–H groups in total. The summed E-state index contributed by atoms with van der Waals surface area (Å²) < 4.78 is 0.670. The van der Waals surface area contributed by atoms with Crippen LogP contribution in [0.25, 0.3) is 21.7 Å². The molecular formula is C12H7ClN2O2S. The van der Waals surface area contributed by atoms with Crippen LogP contribution in [-0.4, -0.2) is 21.0 Å². The first-order chi connectivity index (χ1) is 8.65. The van der Waals surface area contributed by atoms with Gasteiger partial charge in [-0.1, -0.05) is 17.7 Å². The normalized spacial score (nSPS) is 10.9. The number of aromatic carboxylic acids is 1. The van der Waals surface area contributed by atoms with Gasteiger partial charge in [-0.15, -0.1) is 11.3 Å². The second-order valence-corrected chi connectivity index (χ2v) is 5.41. The van der Waals surface area contributed by atoms with E-state index in [1.54, 1.807) is 18.2 Å². The molecule has 3 rings (SSSR count). The number of hydrogen-bond donors (Lipinski definition) is 2. The molecule has 3 aromatic rings. The number of carbonyl (C=O) groups is 1. The molecule has 0 saturated carbocycles. The number of imidazole rings is 1. The highest BCUT2D eigenvalue weighted by Gasteiger charge is 2.13. The van der Waals surface area contributed by atoms with E-state index in [-0.39, 0.29) is 5.56 Å². The summed E-state index contributed by atoms with van der Waals surface area (Å²) in [5, 5.41) is 9.09. The molecular weight excluding hydrogens is 272 g/mol. The number of nitrogens with one attached hydrogen (secondary N) is 1. The molecule has 90 valence electrons. The molecule has 0 aliphatic carbocycles. The minimum Gasteiger partial charge on any atom is -0.478 e. The highest BCUT2D eigenvalue weighted by atomic mass is 35.5. The van der Waals surface area contributed by atoms with Gasteiger partial charge in [0.2, 0.25) is 0 Å². The Kier molecular flexibility index (Phi) is 2.57. The van der Waals surface area contributed by atoms with Crippen LogP contribution in [0, 0.1) is 0 Å². The molecule has 0 fully saturated rings. The second kappa shape index (κ2) is 4.12. The summed E-state index contributed by atoms with van der Waals surface area (Å²) in [6.45, 7) is 0. The van der Waals surface area contributed by atoms with Crippen molar-refractivity contribution >= 4 is 39.9 Å². The Morgan fingerprint density at radius 3 is 2.83 bits per heavy atom. The van der Waals surface area contributed by atoms with Gasteiger partial charge in [0.1, 0.15) is 11.3 Å². The van der Waals surface area contributed by atoms with E-state index in [0.29, 0.717) is 21.2 Å². The van der Waals surface area contributed by atoms with Crippen molar-refractivity contribution in [3.8, 4) is 10.7 Å². The van der Waals surface area contributed by atoms with E-state index in [1.807, 2.05) is 6.07 Å². The maximum atomic E-state index is 11.1. The standard InChI is InChI=1S/C12H7ClN2O2S/c13-9-5-4-8(18-9)11-14-7-3-1-2-6(12(16)17)10(7)15-11/h1-5H,(H,14,15)(H,16,17). The fraction of sp³-hybridized carbons (Fsp3) is 0. The predicted molar refractivity (Wildman–Crippen MR) is 71.4 cm³/mol. The van der Waals surface area contributed by atoms with Gasteiger partial charge in [-0.2, -0.15) is 0 Å². The number of rotatable bonds is 2. The number of benzene rings is 1. The summed E-state index contributed by atoms with van der Waals surface area (Å²) in [7, 11) is 0. The van der Waals surface area contributed by atoms with Crippen molar-refractivity contribution in [2.45, 2.75) is 0 Å². The van der Waals surface area contributed by atoms with Gasteiger partial charge in [0, 0.05) is 0 Å². The van der Waals surface area contributed by atoms with Gasteiger partial charge in [0.15, 0.2) is 0 Å². The maximum absolute atomic E-state index is 11.1. The first-order valence-corrected chi connectivity index (χ1v) is 6.32. The third-order valence-corrected chi connectivity index (χ3v) is 3.79. The van der Waals surface area contributed by atoms with Crippen molar-refractivity contribution in [3.05, 3.63) is 40.2 Å². The van der Waals surface area contributed by atoms with Crippen molar-refractivity contribution < 1.29 is 9.90 Å². The zero-order valence-corrected chi connectivity index (χ0v) is 10.5. The van der Waals surface area contributed by atoms with Crippen LogP contribution in [0.15, 0.2) is 30.3 Å². The molecule has 0 radical (unpaired) electrons. The predicted octanol–water partition coefficient (Wildman–Crippen LogP) is 3.64. The van der Waals surface area contributed by atoms with Crippen LogP contribution in [0.4, 0.5) is 0 Å². The number of aromatic amines is 1. The molecule has 0 aliphatic heterocycles. The molecule has 2 aromatic heterocycles. The lowest BCUT2D eigenvalue weighted by Gasteiger charge is -1.93.